The minimum atomic E-state index is 0.0905. The predicted molar refractivity (Wildman–Crippen MR) is 129 cm³/mol. The molecule has 1 fully saturated rings. The minimum Gasteiger partial charge on any atom is -0.493 e. The molecule has 0 atom stereocenters. The van der Waals surface area contributed by atoms with E-state index < -0.39 is 0 Å². The number of likely N-dealkylation sites (tertiary alicyclic amines) is 1. The fourth-order valence-electron chi connectivity index (χ4n) is 4.25. The third-order valence-electron chi connectivity index (χ3n) is 6.28. The quantitative estimate of drug-likeness (QED) is 0.559. The molecule has 1 heterocycles. The third-order valence-corrected chi connectivity index (χ3v) is 6.28. The van der Waals surface area contributed by atoms with Crippen LogP contribution in [0.15, 0.2) is 36.4 Å². The van der Waals surface area contributed by atoms with Gasteiger partial charge in [0.05, 0.1) is 28.4 Å². The Labute approximate surface area is 197 Å². The highest BCUT2D eigenvalue weighted by molar-refractivity contribution is 5.78. The average molecular weight is 457 g/mol. The normalized spacial score (nSPS) is 14.5. The number of amides is 1. The van der Waals surface area contributed by atoms with Crippen LogP contribution in [0.25, 0.3) is 0 Å². The van der Waals surface area contributed by atoms with Gasteiger partial charge in [-0.2, -0.15) is 0 Å². The smallest absolute Gasteiger partial charge is 0.223 e. The van der Waals surface area contributed by atoms with Crippen molar-refractivity contribution in [2.24, 2.45) is 5.92 Å². The van der Waals surface area contributed by atoms with E-state index in [0.717, 1.165) is 62.4 Å². The van der Waals surface area contributed by atoms with E-state index in [1.165, 1.54) is 5.56 Å². The molecule has 7 heteroatoms. The maximum atomic E-state index is 12.6. The fourth-order valence-corrected chi connectivity index (χ4v) is 4.25. The molecule has 180 valence electrons. The van der Waals surface area contributed by atoms with Crippen molar-refractivity contribution in [3.8, 4) is 23.0 Å². The Morgan fingerprint density at radius 2 is 1.33 bits per heavy atom. The number of ether oxygens (including phenoxy) is 4. The summed E-state index contributed by atoms with van der Waals surface area (Å²) in [5, 5.41) is 3.11. The molecule has 0 bridgehead atoms. The summed E-state index contributed by atoms with van der Waals surface area (Å²) in [7, 11) is 6.56. The molecular formula is C26H36N2O5. The number of hydrogen-bond acceptors (Lipinski definition) is 6. The Kier molecular flexibility index (Phi) is 9.24. The number of benzene rings is 2. The molecule has 0 aliphatic carbocycles. The van der Waals surface area contributed by atoms with Gasteiger partial charge in [0.15, 0.2) is 23.0 Å². The monoisotopic (exact) mass is 456 g/mol. The number of piperidine rings is 1. The largest absolute Gasteiger partial charge is 0.493 e. The van der Waals surface area contributed by atoms with Gasteiger partial charge in [0, 0.05) is 19.0 Å². The van der Waals surface area contributed by atoms with Gasteiger partial charge in [-0.25, -0.2) is 0 Å². The zero-order valence-electron chi connectivity index (χ0n) is 20.2. The molecule has 1 amide bonds. The molecule has 33 heavy (non-hydrogen) atoms. The van der Waals surface area contributed by atoms with Gasteiger partial charge in [-0.05, 0) is 74.2 Å². The van der Waals surface area contributed by atoms with Crippen molar-refractivity contribution >= 4 is 5.91 Å². The van der Waals surface area contributed by atoms with Crippen LogP contribution in [0.1, 0.15) is 24.0 Å². The van der Waals surface area contributed by atoms with Gasteiger partial charge in [0.1, 0.15) is 0 Å². The van der Waals surface area contributed by atoms with E-state index in [1.807, 2.05) is 30.3 Å². The van der Waals surface area contributed by atoms with Crippen molar-refractivity contribution in [1.29, 1.82) is 0 Å². The van der Waals surface area contributed by atoms with Crippen molar-refractivity contribution in [2.45, 2.75) is 25.7 Å². The van der Waals surface area contributed by atoms with E-state index in [0.29, 0.717) is 18.0 Å². The first kappa shape index (κ1) is 24.7. The van der Waals surface area contributed by atoms with E-state index in [4.69, 9.17) is 18.9 Å². The lowest BCUT2D eigenvalue weighted by molar-refractivity contribution is -0.126. The number of rotatable bonds is 11. The van der Waals surface area contributed by atoms with Crippen LogP contribution >= 0.6 is 0 Å². The third kappa shape index (κ3) is 6.78. The Morgan fingerprint density at radius 3 is 1.85 bits per heavy atom. The summed E-state index contributed by atoms with van der Waals surface area (Å²) in [5.41, 5.74) is 2.33. The maximum absolute atomic E-state index is 12.6. The second kappa shape index (κ2) is 12.3. The first-order valence-electron chi connectivity index (χ1n) is 11.5. The SMILES string of the molecule is COc1ccc(CCNC(=O)C2CCN(CCc3ccc(OC)c(OC)c3)CC2)cc1OC. The van der Waals surface area contributed by atoms with Gasteiger partial charge in [-0.15, -0.1) is 0 Å². The van der Waals surface area contributed by atoms with E-state index in [-0.39, 0.29) is 11.8 Å². The van der Waals surface area contributed by atoms with Crippen LogP contribution in [-0.2, 0) is 17.6 Å². The number of nitrogens with zero attached hydrogens (tertiary/aromatic N) is 1. The molecule has 2 aromatic carbocycles. The van der Waals surface area contributed by atoms with Gasteiger partial charge < -0.3 is 29.2 Å². The van der Waals surface area contributed by atoms with E-state index >= 15 is 0 Å². The molecule has 2 aromatic rings. The Hall–Kier alpha value is -2.93. The molecular weight excluding hydrogens is 420 g/mol. The molecule has 0 radical (unpaired) electrons. The highest BCUT2D eigenvalue weighted by Crippen LogP contribution is 2.29. The predicted octanol–water partition coefficient (Wildman–Crippen LogP) is 3.33. The average Bonchev–Trinajstić information content (AvgIpc) is 2.87. The molecule has 7 nitrogen and oxygen atoms in total. The molecule has 0 saturated carbocycles. The van der Waals surface area contributed by atoms with Crippen LogP contribution in [0.3, 0.4) is 0 Å². The van der Waals surface area contributed by atoms with Crippen LogP contribution < -0.4 is 24.3 Å². The van der Waals surface area contributed by atoms with Gasteiger partial charge >= 0.3 is 0 Å². The highest BCUT2D eigenvalue weighted by atomic mass is 16.5. The molecule has 3 rings (SSSR count). The summed E-state index contributed by atoms with van der Waals surface area (Å²) in [6.07, 6.45) is 3.50. The number of hydrogen-bond donors (Lipinski definition) is 1. The molecule has 1 N–H and O–H groups in total. The van der Waals surface area contributed by atoms with Crippen molar-refractivity contribution in [2.75, 3.05) is 54.6 Å². The van der Waals surface area contributed by atoms with Crippen molar-refractivity contribution in [3.05, 3.63) is 47.5 Å². The van der Waals surface area contributed by atoms with Crippen molar-refractivity contribution in [3.63, 3.8) is 0 Å². The summed E-state index contributed by atoms with van der Waals surface area (Å²) in [4.78, 5) is 15.1. The van der Waals surface area contributed by atoms with E-state index in [1.54, 1.807) is 28.4 Å². The summed E-state index contributed by atoms with van der Waals surface area (Å²) in [5.74, 6) is 3.19. The van der Waals surface area contributed by atoms with Crippen molar-refractivity contribution < 1.29 is 23.7 Å². The summed E-state index contributed by atoms with van der Waals surface area (Å²) in [6.45, 7) is 3.49. The zero-order chi connectivity index (χ0) is 23.6. The molecule has 0 aromatic heterocycles. The Morgan fingerprint density at radius 1 is 0.818 bits per heavy atom. The van der Waals surface area contributed by atoms with Crippen LogP contribution in [0.2, 0.25) is 0 Å². The number of carbonyl (C=O) groups is 1. The van der Waals surface area contributed by atoms with Crippen molar-refractivity contribution in [1.82, 2.24) is 10.2 Å². The molecule has 0 unspecified atom stereocenters. The van der Waals surface area contributed by atoms with Crippen LogP contribution in [0, 0.1) is 5.92 Å². The first-order valence-corrected chi connectivity index (χ1v) is 11.5. The number of nitrogens with one attached hydrogen (secondary N) is 1. The van der Waals surface area contributed by atoms with Crippen LogP contribution in [0.4, 0.5) is 0 Å². The first-order chi connectivity index (χ1) is 16.1. The molecule has 0 spiro atoms. The van der Waals surface area contributed by atoms with Crippen LogP contribution in [-0.4, -0.2) is 65.4 Å². The Bertz CT molecular complexity index is 910. The summed E-state index contributed by atoms with van der Waals surface area (Å²) >= 11 is 0. The van der Waals surface area contributed by atoms with Crippen LogP contribution in [0.5, 0.6) is 23.0 Å². The van der Waals surface area contributed by atoms with E-state index in [2.05, 4.69) is 16.3 Å². The lowest BCUT2D eigenvalue weighted by Gasteiger charge is -2.31. The molecule has 1 aliphatic heterocycles. The standard InChI is InChI=1S/C26H36N2O5/c1-30-22-7-5-19(17-24(22)32-3)9-13-27-26(29)21-11-15-28(16-12-21)14-10-20-6-8-23(31-2)25(18-20)33-4/h5-8,17-18,21H,9-16H2,1-4H3,(H,27,29). The van der Waals surface area contributed by atoms with Gasteiger partial charge in [-0.3, -0.25) is 4.79 Å². The summed E-state index contributed by atoms with van der Waals surface area (Å²) < 4.78 is 21.3. The Balaban J connectivity index is 1.38. The zero-order valence-corrected chi connectivity index (χ0v) is 20.2. The molecule has 1 saturated heterocycles. The lowest BCUT2D eigenvalue weighted by atomic mass is 9.95. The number of carbonyl (C=O) groups excluding carboxylic acids is 1. The summed E-state index contributed by atoms with van der Waals surface area (Å²) in [6, 6.07) is 11.9. The second-order valence-electron chi connectivity index (χ2n) is 8.29. The van der Waals surface area contributed by atoms with Gasteiger partial charge in [0.25, 0.3) is 0 Å². The van der Waals surface area contributed by atoms with Gasteiger partial charge in [-0.1, -0.05) is 12.1 Å². The lowest BCUT2D eigenvalue weighted by Crippen LogP contribution is -2.41. The minimum absolute atomic E-state index is 0.0905. The molecule has 1 aliphatic rings. The van der Waals surface area contributed by atoms with E-state index in [9.17, 15) is 4.79 Å². The maximum Gasteiger partial charge on any atom is 0.223 e. The topological polar surface area (TPSA) is 69.3 Å². The highest BCUT2D eigenvalue weighted by Gasteiger charge is 2.24. The number of methoxy groups -OCH3 is 4. The fraction of sp³-hybridized carbons (Fsp3) is 0.500. The second-order valence-corrected chi connectivity index (χ2v) is 8.29. The van der Waals surface area contributed by atoms with Gasteiger partial charge in [0.2, 0.25) is 5.91 Å².